The van der Waals surface area contributed by atoms with E-state index in [9.17, 15) is 15.4 Å². The predicted molar refractivity (Wildman–Crippen MR) is 110 cm³/mol. The maximum atomic E-state index is 11.1. The second-order valence-corrected chi connectivity index (χ2v) is 5.70. The molecule has 1 heterocycles. The van der Waals surface area contributed by atoms with Crippen molar-refractivity contribution in [3.63, 3.8) is 0 Å². The molecule has 3 rings (SSSR count). The van der Waals surface area contributed by atoms with Crippen molar-refractivity contribution in [1.29, 1.82) is 5.26 Å². The molecule has 0 atom stereocenters. The molecular weight excluding hydrogens is 370 g/mol. The molecule has 3 aromatic rings. The number of para-hydroxylation sites is 2. The lowest BCUT2D eigenvalue weighted by molar-refractivity contribution is -0.385. The summed E-state index contributed by atoms with van der Waals surface area (Å²) in [5, 5.41) is 23.5. The molecule has 0 aliphatic heterocycles. The van der Waals surface area contributed by atoms with Crippen molar-refractivity contribution in [2.75, 3.05) is 11.1 Å². The van der Waals surface area contributed by atoms with Crippen LogP contribution in [0.4, 0.5) is 23.3 Å². The van der Waals surface area contributed by atoms with Crippen LogP contribution in [-0.2, 0) is 0 Å². The zero-order valence-electron chi connectivity index (χ0n) is 15.1. The van der Waals surface area contributed by atoms with E-state index in [2.05, 4.69) is 20.3 Å². The Morgan fingerprint density at radius 3 is 2.55 bits per heavy atom. The van der Waals surface area contributed by atoms with E-state index >= 15 is 0 Å². The first-order chi connectivity index (χ1) is 14.1. The topological polar surface area (TPSA) is 144 Å². The van der Waals surface area contributed by atoms with Crippen molar-refractivity contribution in [2.24, 2.45) is 0 Å². The van der Waals surface area contributed by atoms with E-state index in [1.54, 1.807) is 18.2 Å². The van der Waals surface area contributed by atoms with Crippen LogP contribution in [0.25, 0.3) is 11.6 Å². The van der Waals surface area contributed by atoms with Crippen molar-refractivity contribution >= 4 is 34.9 Å². The van der Waals surface area contributed by atoms with Gasteiger partial charge in [-0.3, -0.25) is 10.1 Å². The summed E-state index contributed by atoms with van der Waals surface area (Å²) in [7, 11) is 0. The van der Waals surface area contributed by atoms with Gasteiger partial charge in [0.05, 0.1) is 16.1 Å². The first-order valence-corrected chi connectivity index (χ1v) is 8.42. The standard InChI is InChI=1S/C20H15N7O2/c21-13-15(9-6-8-14-7-4-5-12-17(14)27(28)29)18-24-19(22)26-20(25-18)23-16-10-2-1-3-11-16/h1-12H,(H3,22,23,24,25,26)/b8-6+,15-9+. The Kier molecular flexibility index (Phi) is 5.87. The second-order valence-electron chi connectivity index (χ2n) is 5.70. The van der Waals surface area contributed by atoms with Crippen LogP contribution in [0.1, 0.15) is 11.4 Å². The van der Waals surface area contributed by atoms with Gasteiger partial charge in [0.2, 0.25) is 11.9 Å². The summed E-state index contributed by atoms with van der Waals surface area (Å²) < 4.78 is 0. The highest BCUT2D eigenvalue weighted by molar-refractivity contribution is 5.76. The Hall–Kier alpha value is -4.58. The minimum Gasteiger partial charge on any atom is -0.368 e. The molecule has 9 nitrogen and oxygen atoms in total. The molecule has 29 heavy (non-hydrogen) atoms. The molecule has 0 unspecified atom stereocenters. The quantitative estimate of drug-likeness (QED) is 0.283. The molecule has 0 spiro atoms. The summed E-state index contributed by atoms with van der Waals surface area (Å²) >= 11 is 0. The smallest absolute Gasteiger partial charge is 0.276 e. The molecule has 0 saturated heterocycles. The van der Waals surface area contributed by atoms with Crippen molar-refractivity contribution in [2.45, 2.75) is 0 Å². The van der Waals surface area contributed by atoms with E-state index in [4.69, 9.17) is 5.73 Å². The van der Waals surface area contributed by atoms with Gasteiger partial charge in [-0.25, -0.2) is 0 Å². The molecule has 0 saturated carbocycles. The number of benzene rings is 2. The Labute approximate surface area is 166 Å². The van der Waals surface area contributed by atoms with Crippen LogP contribution in [0.15, 0.2) is 66.7 Å². The van der Waals surface area contributed by atoms with Gasteiger partial charge in [0, 0.05) is 11.8 Å². The number of allylic oxidation sites excluding steroid dienone is 3. The first kappa shape index (κ1) is 19.2. The van der Waals surface area contributed by atoms with Crippen molar-refractivity contribution in [3.8, 4) is 6.07 Å². The first-order valence-electron chi connectivity index (χ1n) is 8.42. The van der Waals surface area contributed by atoms with E-state index in [-0.39, 0.29) is 29.0 Å². The zero-order chi connectivity index (χ0) is 20.6. The van der Waals surface area contributed by atoms with Gasteiger partial charge in [0.25, 0.3) is 5.69 Å². The van der Waals surface area contributed by atoms with Crippen molar-refractivity contribution < 1.29 is 4.92 Å². The lowest BCUT2D eigenvalue weighted by atomic mass is 10.1. The lowest BCUT2D eigenvalue weighted by Gasteiger charge is -2.06. The molecule has 2 aromatic carbocycles. The maximum absolute atomic E-state index is 11.1. The van der Waals surface area contributed by atoms with Gasteiger partial charge < -0.3 is 11.1 Å². The molecule has 0 fully saturated rings. The summed E-state index contributed by atoms with van der Waals surface area (Å²) in [6.07, 6.45) is 4.51. The number of hydrogen-bond donors (Lipinski definition) is 2. The molecule has 0 radical (unpaired) electrons. The fourth-order valence-corrected chi connectivity index (χ4v) is 2.42. The number of hydrogen-bond acceptors (Lipinski definition) is 8. The van der Waals surface area contributed by atoms with Crippen LogP contribution < -0.4 is 11.1 Å². The fraction of sp³-hybridized carbons (Fsp3) is 0. The highest BCUT2D eigenvalue weighted by Crippen LogP contribution is 2.20. The maximum Gasteiger partial charge on any atom is 0.276 e. The predicted octanol–water partition coefficient (Wildman–Crippen LogP) is 3.73. The monoisotopic (exact) mass is 385 g/mol. The number of rotatable bonds is 6. The lowest BCUT2D eigenvalue weighted by Crippen LogP contribution is -2.06. The van der Waals surface area contributed by atoms with Crippen molar-refractivity contribution in [3.05, 3.63) is 88.3 Å². The van der Waals surface area contributed by atoms with E-state index < -0.39 is 4.92 Å². The molecule has 0 bridgehead atoms. The summed E-state index contributed by atoms with van der Waals surface area (Å²) in [6.45, 7) is 0. The van der Waals surface area contributed by atoms with Crippen LogP contribution in [0.5, 0.6) is 0 Å². The van der Waals surface area contributed by atoms with Gasteiger partial charge >= 0.3 is 0 Å². The molecule has 0 aliphatic carbocycles. The van der Waals surface area contributed by atoms with E-state index in [0.717, 1.165) is 5.69 Å². The number of aromatic nitrogens is 3. The molecule has 142 valence electrons. The molecule has 3 N–H and O–H groups in total. The van der Waals surface area contributed by atoms with Gasteiger partial charge in [-0.2, -0.15) is 20.2 Å². The van der Waals surface area contributed by atoms with Gasteiger partial charge in [0.15, 0.2) is 5.82 Å². The number of nitro groups is 1. The Balaban J connectivity index is 1.88. The summed E-state index contributed by atoms with van der Waals surface area (Å²) in [5.41, 5.74) is 7.01. The van der Waals surface area contributed by atoms with Crippen LogP contribution >= 0.6 is 0 Å². The number of nitriles is 1. The average Bonchev–Trinajstić information content (AvgIpc) is 2.71. The summed E-state index contributed by atoms with van der Waals surface area (Å²) in [5.74, 6) is 0.241. The largest absolute Gasteiger partial charge is 0.368 e. The van der Waals surface area contributed by atoms with Crippen LogP contribution in [-0.4, -0.2) is 19.9 Å². The Morgan fingerprint density at radius 2 is 1.83 bits per heavy atom. The number of nitro benzene ring substituents is 1. The molecule has 0 aliphatic rings. The fourth-order valence-electron chi connectivity index (χ4n) is 2.42. The van der Waals surface area contributed by atoms with Crippen LogP contribution in [0.2, 0.25) is 0 Å². The third kappa shape index (κ3) is 4.99. The third-order valence-electron chi connectivity index (χ3n) is 3.72. The Bertz CT molecular complexity index is 1140. The normalized spacial score (nSPS) is 11.2. The summed E-state index contributed by atoms with van der Waals surface area (Å²) in [6, 6.07) is 17.5. The minimum absolute atomic E-state index is 0.0330. The number of anilines is 3. The SMILES string of the molecule is N#C/C(=C\C=C\c1ccccc1[N+](=O)[O-])c1nc(N)nc(Nc2ccccc2)n1. The average molecular weight is 385 g/mol. The number of nitrogens with one attached hydrogen (secondary N) is 1. The molecule has 0 amide bonds. The van der Waals surface area contributed by atoms with Crippen LogP contribution in [0, 0.1) is 21.4 Å². The molecule has 1 aromatic heterocycles. The van der Waals surface area contributed by atoms with Crippen molar-refractivity contribution in [1.82, 2.24) is 15.0 Å². The minimum atomic E-state index is -0.469. The Morgan fingerprint density at radius 1 is 1.10 bits per heavy atom. The second kappa shape index (κ2) is 8.88. The van der Waals surface area contributed by atoms with Crippen LogP contribution in [0.3, 0.4) is 0 Å². The van der Waals surface area contributed by atoms with E-state index in [1.807, 2.05) is 36.4 Å². The molecular formula is C20H15N7O2. The third-order valence-corrected chi connectivity index (χ3v) is 3.72. The van der Waals surface area contributed by atoms with Gasteiger partial charge in [-0.05, 0) is 30.4 Å². The van der Waals surface area contributed by atoms with Gasteiger partial charge in [0.1, 0.15) is 6.07 Å². The highest BCUT2D eigenvalue weighted by atomic mass is 16.6. The highest BCUT2D eigenvalue weighted by Gasteiger charge is 2.10. The van der Waals surface area contributed by atoms with Gasteiger partial charge in [-0.15, -0.1) is 0 Å². The zero-order valence-corrected chi connectivity index (χ0v) is 15.1. The van der Waals surface area contributed by atoms with E-state index in [0.29, 0.717) is 5.56 Å². The van der Waals surface area contributed by atoms with Gasteiger partial charge in [-0.1, -0.05) is 36.4 Å². The number of nitrogens with two attached hydrogens (primary N) is 1. The summed E-state index contributed by atoms with van der Waals surface area (Å²) in [4.78, 5) is 22.9. The molecule has 9 heteroatoms. The number of nitrogens with zero attached hydrogens (tertiary/aromatic N) is 5. The van der Waals surface area contributed by atoms with E-state index in [1.165, 1.54) is 24.3 Å². The number of nitrogen functional groups attached to an aromatic ring is 1.